The predicted molar refractivity (Wildman–Crippen MR) is 89.3 cm³/mol. The summed E-state index contributed by atoms with van der Waals surface area (Å²) in [4.78, 5) is 6.98. The maximum atomic E-state index is 4.37. The lowest BCUT2D eigenvalue weighted by Crippen LogP contribution is -2.44. The van der Waals surface area contributed by atoms with Gasteiger partial charge in [-0.3, -0.25) is 9.89 Å². The molecule has 1 atom stereocenters. The van der Waals surface area contributed by atoms with Gasteiger partial charge in [0.15, 0.2) is 11.8 Å². The van der Waals surface area contributed by atoms with Crippen molar-refractivity contribution in [1.82, 2.24) is 30.3 Å². The molecule has 0 aromatic carbocycles. The third-order valence-electron chi connectivity index (χ3n) is 5.20. The molecule has 1 aliphatic carbocycles. The quantitative estimate of drug-likeness (QED) is 0.626. The van der Waals surface area contributed by atoms with E-state index in [1.807, 2.05) is 7.05 Å². The van der Waals surface area contributed by atoms with Gasteiger partial charge < -0.3 is 15.2 Å². The lowest BCUT2D eigenvalue weighted by Gasteiger charge is -2.19. The van der Waals surface area contributed by atoms with Crippen molar-refractivity contribution in [2.75, 3.05) is 20.1 Å². The molecule has 1 saturated carbocycles. The molecule has 1 aromatic rings. The number of hydrogen-bond donors (Lipinski definition) is 2. The Labute approximate surface area is 137 Å². The Kier molecular flexibility index (Phi) is 4.20. The Balaban J connectivity index is 1.30. The summed E-state index contributed by atoms with van der Waals surface area (Å²) in [5.41, 5.74) is 0. The molecule has 2 aliphatic heterocycles. The van der Waals surface area contributed by atoms with E-state index < -0.39 is 0 Å². The number of nitrogens with zero attached hydrogens (tertiary/aromatic N) is 5. The topological polar surface area (TPSA) is 70.4 Å². The summed E-state index contributed by atoms with van der Waals surface area (Å²) in [5.74, 6) is 3.03. The van der Waals surface area contributed by atoms with E-state index >= 15 is 0 Å². The monoisotopic (exact) mass is 317 g/mol. The van der Waals surface area contributed by atoms with Gasteiger partial charge in [0.2, 0.25) is 0 Å². The number of guanidine groups is 1. The number of nitrogens with one attached hydrogen (secondary N) is 2. The molecule has 0 radical (unpaired) electrons. The Hall–Kier alpha value is -1.63. The summed E-state index contributed by atoms with van der Waals surface area (Å²) < 4.78 is 2.26. The first-order chi connectivity index (χ1) is 11.3. The van der Waals surface area contributed by atoms with Crippen LogP contribution in [0.5, 0.6) is 0 Å². The van der Waals surface area contributed by atoms with Gasteiger partial charge in [0.25, 0.3) is 0 Å². The molecular formula is C16H27N7. The third kappa shape index (κ3) is 3.34. The minimum Gasteiger partial charge on any atom is -0.352 e. The smallest absolute Gasteiger partial charge is 0.191 e. The van der Waals surface area contributed by atoms with E-state index in [0.29, 0.717) is 12.6 Å². The molecule has 2 fully saturated rings. The van der Waals surface area contributed by atoms with Crippen LogP contribution in [0.2, 0.25) is 0 Å². The van der Waals surface area contributed by atoms with Crippen LogP contribution in [0.15, 0.2) is 4.99 Å². The van der Waals surface area contributed by atoms with Gasteiger partial charge in [0, 0.05) is 45.2 Å². The van der Waals surface area contributed by atoms with Crippen molar-refractivity contribution in [2.24, 2.45) is 4.99 Å². The SMILES string of the molecule is CN=C(NCc1nnc2n1CCCC2)NC1CCN(C2CC2)C1. The lowest BCUT2D eigenvalue weighted by atomic mass is 10.2. The molecule has 23 heavy (non-hydrogen) atoms. The maximum Gasteiger partial charge on any atom is 0.191 e. The fraction of sp³-hybridized carbons (Fsp3) is 0.812. The van der Waals surface area contributed by atoms with Gasteiger partial charge in [-0.2, -0.15) is 0 Å². The van der Waals surface area contributed by atoms with Gasteiger partial charge in [-0.25, -0.2) is 0 Å². The Morgan fingerprint density at radius 3 is 2.96 bits per heavy atom. The number of aliphatic imine (C=N–C) groups is 1. The first kappa shape index (κ1) is 14.9. The van der Waals surface area contributed by atoms with Crippen molar-refractivity contribution in [2.45, 2.75) is 63.7 Å². The highest BCUT2D eigenvalue weighted by Gasteiger charge is 2.34. The van der Waals surface area contributed by atoms with Crippen molar-refractivity contribution >= 4 is 5.96 Å². The number of likely N-dealkylation sites (tertiary alicyclic amines) is 1. The molecule has 2 N–H and O–H groups in total. The van der Waals surface area contributed by atoms with Crippen LogP contribution in [0.25, 0.3) is 0 Å². The molecular weight excluding hydrogens is 290 g/mol. The van der Waals surface area contributed by atoms with Crippen molar-refractivity contribution in [3.63, 3.8) is 0 Å². The zero-order valence-electron chi connectivity index (χ0n) is 14.0. The predicted octanol–water partition coefficient (Wildman–Crippen LogP) is 0.516. The Morgan fingerprint density at radius 1 is 1.22 bits per heavy atom. The highest BCUT2D eigenvalue weighted by atomic mass is 15.3. The Bertz CT molecular complexity index is 575. The average molecular weight is 317 g/mol. The molecule has 1 aromatic heterocycles. The van der Waals surface area contributed by atoms with Gasteiger partial charge in [0.1, 0.15) is 5.82 Å². The second-order valence-corrected chi connectivity index (χ2v) is 6.92. The van der Waals surface area contributed by atoms with E-state index in [9.17, 15) is 0 Å². The van der Waals surface area contributed by atoms with Gasteiger partial charge in [-0.1, -0.05) is 0 Å². The fourth-order valence-corrected chi connectivity index (χ4v) is 3.73. The van der Waals surface area contributed by atoms with Gasteiger partial charge in [-0.05, 0) is 32.1 Å². The summed E-state index contributed by atoms with van der Waals surface area (Å²) >= 11 is 0. The van der Waals surface area contributed by atoms with E-state index in [4.69, 9.17) is 0 Å². The van der Waals surface area contributed by atoms with Crippen LogP contribution >= 0.6 is 0 Å². The highest BCUT2D eigenvalue weighted by Crippen LogP contribution is 2.29. The molecule has 1 unspecified atom stereocenters. The van der Waals surface area contributed by atoms with Crippen LogP contribution in [0.4, 0.5) is 0 Å². The van der Waals surface area contributed by atoms with Crippen molar-refractivity contribution in [3.8, 4) is 0 Å². The van der Waals surface area contributed by atoms with Crippen molar-refractivity contribution in [3.05, 3.63) is 11.6 Å². The summed E-state index contributed by atoms with van der Waals surface area (Å²) in [6, 6.07) is 1.37. The molecule has 3 heterocycles. The number of hydrogen-bond acceptors (Lipinski definition) is 4. The molecule has 3 aliphatic rings. The second kappa shape index (κ2) is 6.47. The van der Waals surface area contributed by atoms with Crippen LogP contribution in [-0.4, -0.2) is 57.8 Å². The van der Waals surface area contributed by atoms with Crippen LogP contribution in [0, 0.1) is 0 Å². The van der Waals surface area contributed by atoms with Crippen LogP contribution in [0.3, 0.4) is 0 Å². The number of aryl methyl sites for hydroxylation is 1. The number of rotatable bonds is 4. The van der Waals surface area contributed by atoms with E-state index in [2.05, 4.69) is 35.3 Å². The first-order valence-electron chi connectivity index (χ1n) is 8.95. The van der Waals surface area contributed by atoms with Crippen LogP contribution in [-0.2, 0) is 19.5 Å². The van der Waals surface area contributed by atoms with E-state index in [1.54, 1.807) is 0 Å². The molecule has 0 bridgehead atoms. The van der Waals surface area contributed by atoms with Gasteiger partial charge >= 0.3 is 0 Å². The maximum absolute atomic E-state index is 4.37. The Morgan fingerprint density at radius 2 is 2.13 bits per heavy atom. The highest BCUT2D eigenvalue weighted by molar-refractivity contribution is 5.79. The standard InChI is InChI=1S/C16H27N7/c1-17-16(19-12-7-9-22(11-12)13-5-6-13)18-10-15-21-20-14-4-2-3-8-23(14)15/h12-13H,2-11H2,1H3,(H2,17,18,19). The van der Waals surface area contributed by atoms with Gasteiger partial charge in [0.05, 0.1) is 6.54 Å². The molecule has 7 nitrogen and oxygen atoms in total. The zero-order chi connectivity index (χ0) is 15.6. The average Bonchev–Trinajstić information content (AvgIpc) is 3.19. The molecule has 7 heteroatoms. The summed E-state index contributed by atoms with van der Waals surface area (Å²) in [7, 11) is 1.84. The molecule has 126 valence electrons. The fourth-order valence-electron chi connectivity index (χ4n) is 3.73. The zero-order valence-corrected chi connectivity index (χ0v) is 14.0. The van der Waals surface area contributed by atoms with Crippen molar-refractivity contribution in [1.29, 1.82) is 0 Å². The molecule has 0 spiro atoms. The number of fused-ring (bicyclic) bond motifs is 1. The van der Waals surface area contributed by atoms with E-state index in [0.717, 1.165) is 43.2 Å². The minimum atomic E-state index is 0.508. The molecule has 0 amide bonds. The van der Waals surface area contributed by atoms with Crippen LogP contribution in [0.1, 0.15) is 43.8 Å². The van der Waals surface area contributed by atoms with Crippen molar-refractivity contribution < 1.29 is 0 Å². The second-order valence-electron chi connectivity index (χ2n) is 6.92. The normalized spacial score (nSPS) is 25.4. The van der Waals surface area contributed by atoms with E-state index in [-0.39, 0.29) is 0 Å². The number of aromatic nitrogens is 3. The minimum absolute atomic E-state index is 0.508. The lowest BCUT2D eigenvalue weighted by molar-refractivity contribution is 0.321. The van der Waals surface area contributed by atoms with Gasteiger partial charge in [-0.15, -0.1) is 10.2 Å². The van der Waals surface area contributed by atoms with Crippen LogP contribution < -0.4 is 10.6 Å². The first-order valence-corrected chi connectivity index (χ1v) is 8.95. The molecule has 1 saturated heterocycles. The largest absolute Gasteiger partial charge is 0.352 e. The molecule has 4 rings (SSSR count). The summed E-state index contributed by atoms with van der Waals surface area (Å²) in [5, 5.41) is 15.6. The third-order valence-corrected chi connectivity index (χ3v) is 5.20. The summed E-state index contributed by atoms with van der Waals surface area (Å²) in [6.45, 7) is 4.10. The summed E-state index contributed by atoms with van der Waals surface area (Å²) in [6.07, 6.45) is 7.49. The van der Waals surface area contributed by atoms with E-state index in [1.165, 1.54) is 38.6 Å².